The van der Waals surface area contributed by atoms with Gasteiger partial charge in [0.15, 0.2) is 0 Å². The molecule has 3 aromatic carbocycles. The molecule has 2 N–H and O–H groups in total. The van der Waals surface area contributed by atoms with Crippen LogP contribution in [0.1, 0.15) is 39.5 Å². The summed E-state index contributed by atoms with van der Waals surface area (Å²) in [6.45, 7) is 2.44. The van der Waals surface area contributed by atoms with E-state index in [9.17, 15) is 9.59 Å². The number of ether oxygens (including phenoxy) is 1. The van der Waals surface area contributed by atoms with E-state index >= 15 is 0 Å². The second-order valence-corrected chi connectivity index (χ2v) is 9.66. The molecule has 0 saturated carbocycles. The van der Waals surface area contributed by atoms with E-state index in [0.717, 1.165) is 39.3 Å². The molecule has 0 saturated heterocycles. The van der Waals surface area contributed by atoms with Gasteiger partial charge in [-0.15, -0.1) is 0 Å². The number of carbonyl (C=O) groups excluding carboxylic acids is 1. The lowest BCUT2D eigenvalue weighted by atomic mass is 10.0. The maximum atomic E-state index is 12.5. The minimum absolute atomic E-state index is 0.0198. The lowest BCUT2D eigenvalue weighted by Gasteiger charge is -2.13. The molecule has 9 heteroatoms. The van der Waals surface area contributed by atoms with Gasteiger partial charge in [-0.25, -0.2) is 9.97 Å². The summed E-state index contributed by atoms with van der Waals surface area (Å²) < 4.78 is 12.0. The molecule has 0 atom stereocenters. The van der Waals surface area contributed by atoms with Crippen molar-refractivity contribution in [2.24, 2.45) is 0 Å². The Labute approximate surface area is 243 Å². The molecule has 2 heterocycles. The van der Waals surface area contributed by atoms with Gasteiger partial charge in [0.25, 0.3) is 5.91 Å². The van der Waals surface area contributed by atoms with Gasteiger partial charge in [-0.3, -0.25) is 14.6 Å². The number of amides is 1. The summed E-state index contributed by atoms with van der Waals surface area (Å²) in [5.74, 6) is 0.642. The zero-order valence-electron chi connectivity index (χ0n) is 23.1. The van der Waals surface area contributed by atoms with Crippen LogP contribution in [0.15, 0.2) is 95.8 Å². The minimum Gasteiger partial charge on any atom is -0.493 e. The zero-order valence-corrected chi connectivity index (χ0v) is 23.1. The highest BCUT2D eigenvalue weighted by atomic mass is 16.5. The summed E-state index contributed by atoms with van der Waals surface area (Å²) in [5.41, 5.74) is 5.77. The van der Waals surface area contributed by atoms with Crippen LogP contribution in [0.3, 0.4) is 0 Å². The van der Waals surface area contributed by atoms with Crippen LogP contribution in [-0.2, 0) is 24.2 Å². The number of carboxylic acid groups (broad SMARTS) is 1. The predicted octanol–water partition coefficient (Wildman–Crippen LogP) is 5.68. The molecule has 0 aliphatic heterocycles. The highest BCUT2D eigenvalue weighted by molar-refractivity contribution is 5.91. The van der Waals surface area contributed by atoms with E-state index in [2.05, 4.69) is 39.6 Å². The standard InChI is InChI=1S/C33H30N4O5/c1-22-29(37-33(42-22)26-9-7-24(8-10-26)23-5-3-2-4-6-23)15-18-41-28-13-11-25(12-14-31(38)39)27(19-28)20-36-32(40)30-21-34-16-17-35-30/h2-11,13,16-17,19,21H,12,14-15,18,20H2,1H3,(H,36,40)(H,38,39). The van der Waals surface area contributed by atoms with E-state index in [0.29, 0.717) is 31.1 Å². The van der Waals surface area contributed by atoms with Gasteiger partial charge in [-0.05, 0) is 59.9 Å². The number of aromatic nitrogens is 3. The van der Waals surface area contributed by atoms with Crippen molar-refractivity contribution >= 4 is 11.9 Å². The summed E-state index contributed by atoms with van der Waals surface area (Å²) in [5, 5.41) is 12.0. The molecule has 42 heavy (non-hydrogen) atoms. The summed E-state index contributed by atoms with van der Waals surface area (Å²) in [4.78, 5) is 36.3. The Balaban J connectivity index is 1.22. The first kappa shape index (κ1) is 28.2. The fraction of sp³-hybridized carbons (Fsp3) is 0.182. The maximum Gasteiger partial charge on any atom is 0.303 e. The minimum atomic E-state index is -0.889. The largest absolute Gasteiger partial charge is 0.493 e. The summed E-state index contributed by atoms with van der Waals surface area (Å²) in [6, 6.07) is 23.8. The van der Waals surface area contributed by atoms with E-state index in [1.807, 2.05) is 49.4 Å². The van der Waals surface area contributed by atoms with Crippen molar-refractivity contribution in [3.05, 3.63) is 120 Å². The first-order chi connectivity index (χ1) is 20.5. The van der Waals surface area contributed by atoms with Crippen molar-refractivity contribution in [2.75, 3.05) is 6.61 Å². The van der Waals surface area contributed by atoms with Gasteiger partial charge in [0, 0.05) is 37.3 Å². The van der Waals surface area contributed by atoms with Gasteiger partial charge >= 0.3 is 5.97 Å². The Morgan fingerprint density at radius 2 is 1.67 bits per heavy atom. The van der Waals surface area contributed by atoms with Crippen molar-refractivity contribution in [3.8, 4) is 28.3 Å². The number of rotatable bonds is 12. The maximum absolute atomic E-state index is 12.5. The van der Waals surface area contributed by atoms with Crippen molar-refractivity contribution in [1.82, 2.24) is 20.3 Å². The van der Waals surface area contributed by atoms with Gasteiger partial charge in [-0.2, -0.15) is 0 Å². The van der Waals surface area contributed by atoms with Crippen LogP contribution in [0.5, 0.6) is 5.75 Å². The summed E-state index contributed by atoms with van der Waals surface area (Å²) >= 11 is 0. The van der Waals surface area contributed by atoms with E-state index in [-0.39, 0.29) is 24.6 Å². The fourth-order valence-corrected chi connectivity index (χ4v) is 4.51. The van der Waals surface area contributed by atoms with Crippen molar-refractivity contribution in [1.29, 1.82) is 0 Å². The third-order valence-electron chi connectivity index (χ3n) is 6.76. The molecule has 212 valence electrons. The summed E-state index contributed by atoms with van der Waals surface area (Å²) in [6.07, 6.45) is 5.18. The van der Waals surface area contributed by atoms with Crippen molar-refractivity contribution in [2.45, 2.75) is 32.7 Å². The number of carbonyl (C=O) groups is 2. The highest BCUT2D eigenvalue weighted by Crippen LogP contribution is 2.26. The second-order valence-electron chi connectivity index (χ2n) is 9.66. The van der Waals surface area contributed by atoms with Gasteiger partial charge in [0.2, 0.25) is 5.89 Å². The number of aryl methyl sites for hydroxylation is 2. The smallest absolute Gasteiger partial charge is 0.303 e. The fourth-order valence-electron chi connectivity index (χ4n) is 4.51. The molecule has 0 aliphatic rings. The molecule has 5 rings (SSSR count). The Bertz CT molecular complexity index is 1650. The Morgan fingerprint density at radius 1 is 0.905 bits per heavy atom. The number of oxazole rings is 1. The van der Waals surface area contributed by atoms with Gasteiger partial charge in [0.1, 0.15) is 17.2 Å². The number of hydrogen-bond acceptors (Lipinski definition) is 7. The van der Waals surface area contributed by atoms with Crippen LogP contribution in [0, 0.1) is 6.92 Å². The molecule has 0 radical (unpaired) electrons. The van der Waals surface area contributed by atoms with Crippen LogP contribution in [0.4, 0.5) is 0 Å². The molecule has 0 aliphatic carbocycles. The van der Waals surface area contributed by atoms with E-state index in [1.165, 1.54) is 18.6 Å². The number of benzene rings is 3. The average molecular weight is 563 g/mol. The Morgan fingerprint density at radius 3 is 2.40 bits per heavy atom. The third kappa shape index (κ3) is 7.25. The number of nitrogens with one attached hydrogen (secondary N) is 1. The zero-order chi connectivity index (χ0) is 29.3. The molecular formula is C33H30N4O5. The van der Waals surface area contributed by atoms with Crippen LogP contribution >= 0.6 is 0 Å². The van der Waals surface area contributed by atoms with Gasteiger partial charge in [-0.1, -0.05) is 48.5 Å². The molecule has 0 unspecified atom stereocenters. The van der Waals surface area contributed by atoms with Crippen LogP contribution in [-0.4, -0.2) is 38.5 Å². The number of nitrogens with zero attached hydrogens (tertiary/aromatic N) is 3. The molecule has 2 aromatic heterocycles. The van der Waals surface area contributed by atoms with Crippen LogP contribution in [0.2, 0.25) is 0 Å². The molecule has 0 bridgehead atoms. The Kier molecular flexibility index (Phi) is 8.98. The highest BCUT2D eigenvalue weighted by Gasteiger charge is 2.14. The van der Waals surface area contributed by atoms with E-state index in [4.69, 9.17) is 19.2 Å². The average Bonchev–Trinajstić information content (AvgIpc) is 3.40. The van der Waals surface area contributed by atoms with E-state index < -0.39 is 5.97 Å². The number of hydrogen-bond donors (Lipinski definition) is 2. The van der Waals surface area contributed by atoms with Crippen molar-refractivity contribution in [3.63, 3.8) is 0 Å². The summed E-state index contributed by atoms with van der Waals surface area (Å²) in [7, 11) is 0. The van der Waals surface area contributed by atoms with Gasteiger partial charge in [0.05, 0.1) is 18.5 Å². The lowest BCUT2D eigenvalue weighted by Crippen LogP contribution is -2.24. The quantitative estimate of drug-likeness (QED) is 0.199. The second kappa shape index (κ2) is 13.4. The molecular weight excluding hydrogens is 532 g/mol. The predicted molar refractivity (Wildman–Crippen MR) is 157 cm³/mol. The van der Waals surface area contributed by atoms with Crippen molar-refractivity contribution < 1.29 is 23.8 Å². The normalized spacial score (nSPS) is 10.8. The number of carboxylic acids is 1. The third-order valence-corrected chi connectivity index (χ3v) is 6.76. The van der Waals surface area contributed by atoms with Gasteiger partial charge < -0.3 is 19.6 Å². The van der Waals surface area contributed by atoms with E-state index in [1.54, 1.807) is 6.07 Å². The molecule has 9 nitrogen and oxygen atoms in total. The first-order valence-electron chi connectivity index (χ1n) is 13.6. The molecule has 5 aromatic rings. The molecule has 0 spiro atoms. The Hall–Kier alpha value is -5.31. The number of aliphatic carboxylic acids is 1. The van der Waals surface area contributed by atoms with Crippen LogP contribution in [0.25, 0.3) is 22.6 Å². The molecule has 0 fully saturated rings. The lowest BCUT2D eigenvalue weighted by molar-refractivity contribution is -0.136. The first-order valence-corrected chi connectivity index (χ1v) is 13.6. The topological polar surface area (TPSA) is 127 Å². The monoisotopic (exact) mass is 562 g/mol. The molecule has 1 amide bonds. The SMILES string of the molecule is Cc1oc(-c2ccc(-c3ccccc3)cc2)nc1CCOc1ccc(CCC(=O)O)c(CNC(=O)c2cnccn2)c1. The van der Waals surface area contributed by atoms with Crippen LogP contribution < -0.4 is 10.1 Å².